The zero-order valence-electron chi connectivity index (χ0n) is 11.2. The van der Waals surface area contributed by atoms with Crippen LogP contribution in [0.2, 0.25) is 0 Å². The van der Waals surface area contributed by atoms with Crippen molar-refractivity contribution in [3.8, 4) is 0 Å². The van der Waals surface area contributed by atoms with Crippen molar-refractivity contribution in [2.45, 2.75) is 6.42 Å². The Balaban J connectivity index is 0.000000200. The Labute approximate surface area is 116 Å². The monoisotopic (exact) mass is 248 g/mol. The van der Waals surface area contributed by atoms with Gasteiger partial charge in [-0.3, -0.25) is 0 Å². The summed E-state index contributed by atoms with van der Waals surface area (Å²) in [5.41, 5.74) is 2.42. The fraction of sp³-hybridized carbons (Fsp3) is 0.0526. The third-order valence-electron chi connectivity index (χ3n) is 2.45. The van der Waals surface area contributed by atoms with Crippen LogP contribution in [0.3, 0.4) is 0 Å². The summed E-state index contributed by atoms with van der Waals surface area (Å²) in [4.78, 5) is 0. The van der Waals surface area contributed by atoms with Gasteiger partial charge in [0, 0.05) is 0 Å². The Kier molecular flexibility index (Phi) is 7.49. The normalized spacial score (nSPS) is 9.47. The number of hydrogen-bond donors (Lipinski definition) is 0. The molecule has 0 aliphatic heterocycles. The van der Waals surface area contributed by atoms with Gasteiger partial charge in [0.15, 0.2) is 0 Å². The average Bonchev–Trinajstić information content (AvgIpc) is 2.50. The minimum atomic E-state index is 0.939. The van der Waals surface area contributed by atoms with Gasteiger partial charge in [-0.25, -0.2) is 0 Å². The fourth-order valence-corrected chi connectivity index (χ4v) is 1.45. The molecule has 2 rings (SSSR count). The number of hydrogen-bond acceptors (Lipinski definition) is 0. The van der Waals surface area contributed by atoms with E-state index in [0.717, 1.165) is 6.42 Å². The molecule has 2 aromatic carbocycles. The van der Waals surface area contributed by atoms with Crippen molar-refractivity contribution in [1.82, 2.24) is 0 Å². The molecule has 0 radical (unpaired) electrons. The van der Waals surface area contributed by atoms with Gasteiger partial charge >= 0.3 is 0 Å². The molecule has 0 saturated heterocycles. The molecule has 0 heteroatoms. The van der Waals surface area contributed by atoms with Crippen LogP contribution in [0.5, 0.6) is 0 Å². The van der Waals surface area contributed by atoms with Crippen molar-refractivity contribution < 1.29 is 0 Å². The Morgan fingerprint density at radius 1 is 0.737 bits per heavy atom. The van der Waals surface area contributed by atoms with Crippen molar-refractivity contribution in [2.75, 3.05) is 0 Å². The first-order valence-corrected chi connectivity index (χ1v) is 6.37. The SMILES string of the molecule is C=CCC=Cc1ccccc1.C=Cc1ccccc1. The molecule has 0 atom stereocenters. The van der Waals surface area contributed by atoms with Gasteiger partial charge in [0.2, 0.25) is 0 Å². The molecule has 0 nitrogen and oxygen atoms in total. The summed E-state index contributed by atoms with van der Waals surface area (Å²) < 4.78 is 0. The lowest BCUT2D eigenvalue weighted by atomic mass is 10.2. The zero-order valence-corrected chi connectivity index (χ0v) is 11.2. The number of benzene rings is 2. The molecule has 0 spiro atoms. The summed E-state index contributed by atoms with van der Waals surface area (Å²) >= 11 is 0. The largest absolute Gasteiger partial charge is 0.103 e. The first kappa shape index (κ1) is 14.7. The Morgan fingerprint density at radius 3 is 1.68 bits per heavy atom. The van der Waals surface area contributed by atoms with Crippen LogP contribution < -0.4 is 0 Å². The third-order valence-corrected chi connectivity index (χ3v) is 2.45. The molecule has 0 aliphatic carbocycles. The maximum atomic E-state index is 3.64. The highest BCUT2D eigenvalue weighted by molar-refractivity contribution is 5.48. The van der Waals surface area contributed by atoms with Crippen molar-refractivity contribution in [2.24, 2.45) is 0 Å². The summed E-state index contributed by atoms with van der Waals surface area (Å²) in [6.45, 7) is 7.27. The van der Waals surface area contributed by atoms with Crippen LogP contribution in [0, 0.1) is 0 Å². The topological polar surface area (TPSA) is 0 Å². The second-order valence-corrected chi connectivity index (χ2v) is 3.95. The van der Waals surface area contributed by atoms with Gasteiger partial charge < -0.3 is 0 Å². The average molecular weight is 248 g/mol. The molecule has 96 valence electrons. The van der Waals surface area contributed by atoms with E-state index in [4.69, 9.17) is 0 Å². The van der Waals surface area contributed by atoms with Crippen LogP contribution in [-0.4, -0.2) is 0 Å². The second-order valence-electron chi connectivity index (χ2n) is 3.95. The van der Waals surface area contributed by atoms with E-state index in [0.29, 0.717) is 0 Å². The quantitative estimate of drug-likeness (QED) is 0.617. The number of rotatable bonds is 4. The van der Waals surface area contributed by atoms with Crippen molar-refractivity contribution in [3.63, 3.8) is 0 Å². The smallest absolute Gasteiger partial charge is 0.0169 e. The van der Waals surface area contributed by atoms with E-state index in [-0.39, 0.29) is 0 Å². The predicted molar refractivity (Wildman–Crippen MR) is 86.8 cm³/mol. The minimum Gasteiger partial charge on any atom is -0.103 e. The van der Waals surface area contributed by atoms with Crippen LogP contribution in [-0.2, 0) is 0 Å². The highest BCUT2D eigenvalue weighted by Crippen LogP contribution is 2.01. The van der Waals surface area contributed by atoms with Gasteiger partial charge in [-0.05, 0) is 17.5 Å². The molecule has 0 aliphatic rings. The van der Waals surface area contributed by atoms with Gasteiger partial charge in [-0.2, -0.15) is 0 Å². The molecule has 0 saturated carbocycles. The van der Waals surface area contributed by atoms with E-state index in [2.05, 4.69) is 37.4 Å². The van der Waals surface area contributed by atoms with Gasteiger partial charge in [0.25, 0.3) is 0 Å². The maximum Gasteiger partial charge on any atom is -0.0169 e. The minimum absolute atomic E-state index is 0.939. The highest BCUT2D eigenvalue weighted by atomic mass is 13.9. The maximum absolute atomic E-state index is 3.64. The zero-order chi connectivity index (χ0) is 13.8. The van der Waals surface area contributed by atoms with Crippen LogP contribution >= 0.6 is 0 Å². The molecule has 2 aromatic rings. The van der Waals surface area contributed by atoms with Crippen molar-refractivity contribution >= 4 is 12.2 Å². The first-order valence-electron chi connectivity index (χ1n) is 6.37. The van der Waals surface area contributed by atoms with E-state index >= 15 is 0 Å². The van der Waals surface area contributed by atoms with Crippen LogP contribution in [0.4, 0.5) is 0 Å². The van der Waals surface area contributed by atoms with Crippen LogP contribution in [0.1, 0.15) is 17.5 Å². The Morgan fingerprint density at radius 2 is 1.26 bits per heavy atom. The Bertz CT molecular complexity index is 492. The molecule has 19 heavy (non-hydrogen) atoms. The molecule has 0 heterocycles. The molecule has 0 unspecified atom stereocenters. The van der Waals surface area contributed by atoms with Crippen molar-refractivity contribution in [1.29, 1.82) is 0 Å². The third kappa shape index (κ3) is 6.85. The van der Waals surface area contributed by atoms with E-state index in [1.54, 1.807) is 0 Å². The van der Waals surface area contributed by atoms with E-state index in [9.17, 15) is 0 Å². The van der Waals surface area contributed by atoms with Crippen molar-refractivity contribution in [3.05, 3.63) is 97.1 Å². The van der Waals surface area contributed by atoms with Gasteiger partial charge in [-0.15, -0.1) is 6.58 Å². The predicted octanol–water partition coefficient (Wildman–Crippen LogP) is 5.61. The van der Waals surface area contributed by atoms with Gasteiger partial charge in [-0.1, -0.05) is 91.5 Å². The summed E-state index contributed by atoms with van der Waals surface area (Å²) in [6.07, 6.45) is 8.86. The Hall–Kier alpha value is -2.34. The number of allylic oxidation sites excluding steroid dienone is 2. The van der Waals surface area contributed by atoms with E-state index in [1.165, 1.54) is 11.1 Å². The molecule has 0 bridgehead atoms. The summed E-state index contributed by atoms with van der Waals surface area (Å²) in [7, 11) is 0. The molecule has 0 N–H and O–H groups in total. The van der Waals surface area contributed by atoms with E-state index in [1.807, 2.05) is 60.7 Å². The van der Waals surface area contributed by atoms with Gasteiger partial charge in [0.1, 0.15) is 0 Å². The summed E-state index contributed by atoms with van der Waals surface area (Å²) in [5, 5.41) is 0. The lowest BCUT2D eigenvalue weighted by Crippen LogP contribution is -1.67. The molecular formula is C19H20. The van der Waals surface area contributed by atoms with Crippen LogP contribution in [0.25, 0.3) is 12.2 Å². The van der Waals surface area contributed by atoms with Gasteiger partial charge in [0.05, 0.1) is 0 Å². The van der Waals surface area contributed by atoms with E-state index < -0.39 is 0 Å². The molecular weight excluding hydrogens is 228 g/mol. The molecule has 0 amide bonds. The fourth-order valence-electron chi connectivity index (χ4n) is 1.45. The lowest BCUT2D eigenvalue weighted by Gasteiger charge is -1.88. The summed E-state index contributed by atoms with van der Waals surface area (Å²) in [5.74, 6) is 0. The lowest BCUT2D eigenvalue weighted by molar-refractivity contribution is 1.42. The standard InChI is InChI=1S/C11H12.C8H8/c1-2-3-5-8-11-9-6-4-7-10-11;1-2-8-6-4-3-5-7-8/h2,4-10H,1,3H2;2-7H,1H2. The first-order chi connectivity index (χ1) is 9.36. The second kappa shape index (κ2) is 9.67. The summed E-state index contributed by atoms with van der Waals surface area (Å²) in [6, 6.07) is 20.3. The molecule has 0 fully saturated rings. The highest BCUT2D eigenvalue weighted by Gasteiger charge is 1.79. The molecule has 0 aromatic heterocycles. The van der Waals surface area contributed by atoms with Crippen LogP contribution in [0.15, 0.2) is 86.0 Å².